The second-order valence-corrected chi connectivity index (χ2v) is 9.35. The van der Waals surface area contributed by atoms with Gasteiger partial charge in [-0.1, -0.05) is 75.4 Å². The smallest absolute Gasteiger partial charge is 0.136 e. The van der Waals surface area contributed by atoms with Gasteiger partial charge in [-0.15, -0.1) is 0 Å². The molecule has 0 atom stereocenters. The van der Waals surface area contributed by atoms with Gasteiger partial charge in [0.05, 0.1) is 0 Å². The summed E-state index contributed by atoms with van der Waals surface area (Å²) in [5, 5.41) is 6.69. The maximum atomic E-state index is 6.24. The van der Waals surface area contributed by atoms with E-state index in [2.05, 4.69) is 75.4 Å². The van der Waals surface area contributed by atoms with Crippen molar-refractivity contribution < 1.29 is 4.42 Å². The van der Waals surface area contributed by atoms with Crippen molar-refractivity contribution in [1.29, 1.82) is 0 Å². The van der Waals surface area contributed by atoms with Crippen LogP contribution < -0.4 is 0 Å². The van der Waals surface area contributed by atoms with E-state index < -0.39 is 0 Å². The van der Waals surface area contributed by atoms with E-state index in [0.717, 1.165) is 29.6 Å². The Morgan fingerprint density at radius 1 is 0.759 bits per heavy atom. The predicted octanol–water partition coefficient (Wildman–Crippen LogP) is 7.80. The minimum Gasteiger partial charge on any atom is -0.456 e. The molecule has 1 aliphatic rings. The number of rotatable bonds is 1. The molecule has 1 heterocycles. The molecule has 0 unspecified atom stereocenters. The molecule has 5 aromatic rings. The first-order valence-electron chi connectivity index (χ1n) is 10.5. The van der Waals surface area contributed by atoms with Crippen molar-refractivity contribution in [2.75, 3.05) is 0 Å². The van der Waals surface area contributed by atoms with Crippen LogP contribution in [0.1, 0.15) is 37.5 Å². The van der Waals surface area contributed by atoms with Crippen LogP contribution in [0.3, 0.4) is 0 Å². The maximum absolute atomic E-state index is 6.24. The molecule has 0 aliphatic heterocycles. The predicted molar refractivity (Wildman–Crippen MR) is 123 cm³/mol. The highest BCUT2D eigenvalue weighted by Crippen LogP contribution is 2.43. The number of furan rings is 1. The van der Waals surface area contributed by atoms with Gasteiger partial charge in [-0.2, -0.15) is 0 Å². The quantitative estimate of drug-likeness (QED) is 0.272. The van der Waals surface area contributed by atoms with E-state index in [1.54, 1.807) is 0 Å². The Bertz CT molecular complexity index is 1390. The minimum atomic E-state index is 0.152. The molecular weight excluding hydrogens is 352 g/mol. The summed E-state index contributed by atoms with van der Waals surface area (Å²) in [4.78, 5) is 0. The van der Waals surface area contributed by atoms with E-state index in [1.165, 1.54) is 43.8 Å². The Labute approximate surface area is 171 Å². The Hall–Kier alpha value is -3.06. The minimum absolute atomic E-state index is 0.152. The van der Waals surface area contributed by atoms with Crippen molar-refractivity contribution in [1.82, 2.24) is 0 Å². The molecule has 0 saturated heterocycles. The van der Waals surface area contributed by atoms with Crippen LogP contribution in [0.2, 0.25) is 0 Å². The van der Waals surface area contributed by atoms with Gasteiger partial charge in [-0.3, -0.25) is 0 Å². The fourth-order valence-corrected chi connectivity index (χ4v) is 5.17. The van der Waals surface area contributed by atoms with E-state index in [1.807, 2.05) is 12.1 Å². The number of hydrogen-bond donors (Lipinski definition) is 0. The van der Waals surface area contributed by atoms with Gasteiger partial charge in [0, 0.05) is 10.9 Å². The molecule has 0 saturated carbocycles. The molecule has 0 bridgehead atoms. The molecule has 1 heteroatoms. The van der Waals surface area contributed by atoms with E-state index in [9.17, 15) is 0 Å². The van der Waals surface area contributed by atoms with Gasteiger partial charge in [-0.05, 0) is 68.6 Å². The lowest BCUT2D eigenvalue weighted by atomic mass is 9.76. The third-order valence-electron chi connectivity index (χ3n) is 6.50. The normalized spacial score (nSPS) is 13.8. The number of benzene rings is 4. The first-order chi connectivity index (χ1) is 14.0. The van der Waals surface area contributed by atoms with Gasteiger partial charge >= 0.3 is 0 Å². The number of para-hydroxylation sites is 1. The van der Waals surface area contributed by atoms with E-state index in [-0.39, 0.29) is 5.41 Å². The lowest BCUT2D eigenvalue weighted by Crippen LogP contribution is -2.16. The second kappa shape index (κ2) is 5.73. The van der Waals surface area contributed by atoms with Gasteiger partial charge in [0.2, 0.25) is 0 Å². The Morgan fingerprint density at radius 3 is 2.41 bits per heavy atom. The third-order valence-corrected chi connectivity index (χ3v) is 6.50. The van der Waals surface area contributed by atoms with E-state index in [4.69, 9.17) is 4.42 Å². The van der Waals surface area contributed by atoms with Crippen LogP contribution in [-0.2, 0) is 18.3 Å². The highest BCUT2D eigenvalue weighted by molar-refractivity contribution is 6.15. The zero-order chi connectivity index (χ0) is 19.8. The number of aryl methyl sites for hydroxylation is 2. The van der Waals surface area contributed by atoms with Crippen LogP contribution in [0.25, 0.3) is 43.8 Å². The molecule has 0 amide bonds. The summed E-state index contributed by atoms with van der Waals surface area (Å²) in [5.74, 6) is 0.955. The van der Waals surface area contributed by atoms with Crippen molar-refractivity contribution in [3.8, 4) is 11.3 Å². The maximum Gasteiger partial charge on any atom is 0.136 e. The molecule has 1 nitrogen and oxygen atoms in total. The molecule has 0 spiro atoms. The molecule has 1 aromatic heterocycles. The topological polar surface area (TPSA) is 13.1 Å². The summed E-state index contributed by atoms with van der Waals surface area (Å²) in [6.45, 7) is 6.97. The Balaban J connectivity index is 1.72. The first-order valence-corrected chi connectivity index (χ1v) is 10.5. The van der Waals surface area contributed by atoms with Gasteiger partial charge in [0.1, 0.15) is 11.3 Å². The van der Waals surface area contributed by atoms with Crippen LogP contribution >= 0.6 is 0 Å². The largest absolute Gasteiger partial charge is 0.456 e. The SMILES string of the molecule is CC(C)(C)c1ccc2ccc3c(-c4cc5ccccc5o4)ccc4c3c2c1CC4. The van der Waals surface area contributed by atoms with Gasteiger partial charge in [-0.25, -0.2) is 0 Å². The molecule has 1 aliphatic carbocycles. The zero-order valence-corrected chi connectivity index (χ0v) is 17.2. The van der Waals surface area contributed by atoms with Crippen LogP contribution in [-0.4, -0.2) is 0 Å². The molecule has 29 heavy (non-hydrogen) atoms. The zero-order valence-electron chi connectivity index (χ0n) is 17.2. The monoisotopic (exact) mass is 376 g/mol. The summed E-state index contributed by atoms with van der Waals surface area (Å²) < 4.78 is 6.24. The van der Waals surface area contributed by atoms with Gasteiger partial charge in [0.25, 0.3) is 0 Å². The van der Waals surface area contributed by atoms with E-state index >= 15 is 0 Å². The average Bonchev–Trinajstić information content (AvgIpc) is 3.15. The number of fused-ring (bicyclic) bond motifs is 1. The molecular formula is C28H24O. The first kappa shape index (κ1) is 16.9. The summed E-state index contributed by atoms with van der Waals surface area (Å²) >= 11 is 0. The summed E-state index contributed by atoms with van der Waals surface area (Å²) in [6.07, 6.45) is 2.23. The van der Waals surface area contributed by atoms with Crippen molar-refractivity contribution in [3.63, 3.8) is 0 Å². The van der Waals surface area contributed by atoms with Crippen LogP contribution in [0.15, 0.2) is 71.1 Å². The Morgan fingerprint density at radius 2 is 1.59 bits per heavy atom. The second-order valence-electron chi connectivity index (χ2n) is 9.35. The van der Waals surface area contributed by atoms with Crippen molar-refractivity contribution in [3.05, 3.63) is 83.4 Å². The molecule has 142 valence electrons. The average molecular weight is 376 g/mol. The fraction of sp³-hybridized carbons (Fsp3) is 0.214. The molecule has 6 rings (SSSR count). The summed E-state index contributed by atoms with van der Waals surface area (Å²) in [5.41, 5.74) is 6.77. The highest BCUT2D eigenvalue weighted by Gasteiger charge is 2.25. The molecule has 4 aromatic carbocycles. The summed E-state index contributed by atoms with van der Waals surface area (Å²) in [6, 6.07) is 24.2. The third kappa shape index (κ3) is 2.40. The lowest BCUT2D eigenvalue weighted by molar-refractivity contribution is 0.583. The molecule has 0 radical (unpaired) electrons. The molecule has 0 N–H and O–H groups in total. The lowest BCUT2D eigenvalue weighted by Gasteiger charge is -2.28. The van der Waals surface area contributed by atoms with Crippen LogP contribution in [0.4, 0.5) is 0 Å². The Kier molecular flexibility index (Phi) is 3.33. The highest BCUT2D eigenvalue weighted by atomic mass is 16.3. The van der Waals surface area contributed by atoms with Crippen molar-refractivity contribution in [2.45, 2.75) is 39.0 Å². The number of hydrogen-bond acceptors (Lipinski definition) is 1. The van der Waals surface area contributed by atoms with Gasteiger partial charge < -0.3 is 4.42 Å². The summed E-state index contributed by atoms with van der Waals surface area (Å²) in [7, 11) is 0. The van der Waals surface area contributed by atoms with E-state index in [0.29, 0.717) is 0 Å². The molecule has 0 fully saturated rings. The van der Waals surface area contributed by atoms with Crippen LogP contribution in [0.5, 0.6) is 0 Å². The fourth-order valence-electron chi connectivity index (χ4n) is 5.17. The standard InChI is InChI=1S/C28H24O/c1-28(2,3)23-15-11-18-9-13-21-20(25-16-19-6-4-5-7-24(19)29-25)12-8-17-10-14-22(23)27(18)26(17)21/h4-9,11-13,15-16H,10,14H2,1-3H3. The van der Waals surface area contributed by atoms with Gasteiger partial charge in [0.15, 0.2) is 0 Å². The van der Waals surface area contributed by atoms with Crippen LogP contribution in [0, 0.1) is 0 Å². The van der Waals surface area contributed by atoms with Crippen molar-refractivity contribution >= 4 is 32.5 Å². The van der Waals surface area contributed by atoms with Crippen molar-refractivity contribution in [2.24, 2.45) is 0 Å².